The smallest absolute Gasteiger partial charge is 0.315 e. The maximum Gasteiger partial charge on any atom is 0.315 e. The van der Waals surface area contributed by atoms with Crippen LogP contribution in [-0.2, 0) is 22.6 Å². The summed E-state index contributed by atoms with van der Waals surface area (Å²) in [6.07, 6.45) is 0.0703. The van der Waals surface area contributed by atoms with E-state index in [4.69, 9.17) is 4.74 Å². The van der Waals surface area contributed by atoms with Crippen molar-refractivity contribution < 1.29 is 14.3 Å². The largest absolute Gasteiger partial charge is 0.466 e. The van der Waals surface area contributed by atoms with Crippen LogP contribution in [0.2, 0.25) is 0 Å². The number of fused-ring (bicyclic) bond motifs is 1. The fourth-order valence-electron chi connectivity index (χ4n) is 4.28. The van der Waals surface area contributed by atoms with Crippen molar-refractivity contribution in [3.8, 4) is 10.6 Å². The van der Waals surface area contributed by atoms with Gasteiger partial charge in [0.2, 0.25) is 0 Å². The molecule has 6 nitrogen and oxygen atoms in total. The molecule has 34 heavy (non-hydrogen) atoms. The van der Waals surface area contributed by atoms with Crippen LogP contribution < -0.4 is 10.6 Å². The summed E-state index contributed by atoms with van der Waals surface area (Å²) in [6, 6.07) is 21.1. The predicted octanol–water partition coefficient (Wildman–Crippen LogP) is 5.88. The van der Waals surface area contributed by atoms with Crippen LogP contribution >= 0.6 is 11.3 Å². The summed E-state index contributed by atoms with van der Waals surface area (Å²) in [5, 5.41) is 9.18. The molecule has 0 aliphatic rings. The Balaban J connectivity index is 1.57. The molecule has 1 atom stereocenters. The number of benzene rings is 2. The van der Waals surface area contributed by atoms with Crippen LogP contribution in [0.4, 0.5) is 4.79 Å². The van der Waals surface area contributed by atoms with Gasteiger partial charge in [-0.3, -0.25) is 4.79 Å². The van der Waals surface area contributed by atoms with Crippen molar-refractivity contribution in [1.29, 1.82) is 0 Å². The van der Waals surface area contributed by atoms with E-state index in [0.29, 0.717) is 13.2 Å². The van der Waals surface area contributed by atoms with Gasteiger partial charge in [-0.25, -0.2) is 4.79 Å². The second-order valence-corrected chi connectivity index (χ2v) is 8.81. The summed E-state index contributed by atoms with van der Waals surface area (Å²) >= 11 is 1.69. The number of rotatable bonds is 9. The van der Waals surface area contributed by atoms with E-state index in [0.717, 1.165) is 34.3 Å². The molecule has 2 aromatic heterocycles. The van der Waals surface area contributed by atoms with Crippen LogP contribution in [0, 0.1) is 0 Å². The summed E-state index contributed by atoms with van der Waals surface area (Å²) in [7, 11) is 0. The fourth-order valence-corrected chi connectivity index (χ4v) is 5.09. The first-order valence-corrected chi connectivity index (χ1v) is 12.4. The van der Waals surface area contributed by atoms with Crippen molar-refractivity contribution >= 4 is 34.2 Å². The highest BCUT2D eigenvalue weighted by molar-refractivity contribution is 7.13. The van der Waals surface area contributed by atoms with Crippen molar-refractivity contribution in [3.05, 3.63) is 83.2 Å². The number of nitrogens with one attached hydrogen (secondary N) is 2. The van der Waals surface area contributed by atoms with Crippen LogP contribution in [-0.4, -0.2) is 23.2 Å². The van der Waals surface area contributed by atoms with Gasteiger partial charge in [0.05, 0.1) is 29.6 Å². The molecule has 4 rings (SSSR count). The van der Waals surface area contributed by atoms with E-state index in [2.05, 4.69) is 45.7 Å². The second-order valence-electron chi connectivity index (χ2n) is 7.87. The number of amides is 2. The van der Waals surface area contributed by atoms with Crippen molar-refractivity contribution in [3.63, 3.8) is 0 Å². The molecule has 176 valence electrons. The van der Waals surface area contributed by atoms with Gasteiger partial charge in [0.15, 0.2) is 0 Å². The van der Waals surface area contributed by atoms with E-state index < -0.39 is 6.04 Å². The SMILES string of the molecule is CCOC(=O)C[C@H](NC(=O)NCc1c(-c2cccs2)n(CC)c2ccccc12)c1ccccc1. The number of aromatic nitrogens is 1. The van der Waals surface area contributed by atoms with Gasteiger partial charge in [-0.15, -0.1) is 11.3 Å². The summed E-state index contributed by atoms with van der Waals surface area (Å²) in [6.45, 7) is 5.41. The molecule has 0 saturated carbocycles. The molecule has 0 aliphatic heterocycles. The number of hydrogen-bond acceptors (Lipinski definition) is 4. The molecule has 0 fully saturated rings. The minimum atomic E-state index is -0.478. The molecule has 7 heteroatoms. The lowest BCUT2D eigenvalue weighted by Crippen LogP contribution is -2.38. The quantitative estimate of drug-likeness (QED) is 0.297. The summed E-state index contributed by atoms with van der Waals surface area (Å²) < 4.78 is 7.41. The maximum absolute atomic E-state index is 13.0. The number of urea groups is 1. The predicted molar refractivity (Wildman–Crippen MR) is 137 cm³/mol. The Morgan fingerprint density at radius 3 is 2.47 bits per heavy atom. The molecule has 0 bridgehead atoms. The highest BCUT2D eigenvalue weighted by Gasteiger charge is 2.21. The molecule has 0 radical (unpaired) electrons. The molecular weight excluding hydrogens is 446 g/mol. The van der Waals surface area contributed by atoms with E-state index in [9.17, 15) is 9.59 Å². The molecule has 2 N–H and O–H groups in total. The van der Waals surface area contributed by atoms with E-state index in [1.165, 1.54) is 4.88 Å². The number of aryl methyl sites for hydroxylation is 1. The highest BCUT2D eigenvalue weighted by Crippen LogP contribution is 2.36. The zero-order chi connectivity index (χ0) is 23.9. The number of thiophene rings is 1. The average Bonchev–Trinajstić information content (AvgIpc) is 3.49. The number of esters is 1. The summed E-state index contributed by atoms with van der Waals surface area (Å²) in [5.74, 6) is -0.345. The van der Waals surface area contributed by atoms with Gasteiger partial charge < -0.3 is 19.9 Å². The van der Waals surface area contributed by atoms with E-state index in [1.807, 2.05) is 48.5 Å². The first-order chi connectivity index (χ1) is 16.6. The molecule has 4 aromatic rings. The lowest BCUT2D eigenvalue weighted by atomic mass is 10.0. The first-order valence-electron chi connectivity index (χ1n) is 11.5. The number of nitrogens with zero attached hydrogens (tertiary/aromatic N) is 1. The third-order valence-corrected chi connectivity index (χ3v) is 6.63. The fraction of sp³-hybridized carbons (Fsp3) is 0.259. The van der Waals surface area contributed by atoms with Crippen LogP contribution in [0.25, 0.3) is 21.5 Å². The van der Waals surface area contributed by atoms with Gasteiger partial charge in [-0.1, -0.05) is 54.6 Å². The Hall–Kier alpha value is -3.58. The third-order valence-electron chi connectivity index (χ3n) is 5.76. The maximum atomic E-state index is 13.0. The first kappa shape index (κ1) is 23.6. The summed E-state index contributed by atoms with van der Waals surface area (Å²) in [4.78, 5) is 26.3. The monoisotopic (exact) mass is 475 g/mol. The third kappa shape index (κ3) is 5.15. The van der Waals surface area contributed by atoms with Crippen molar-refractivity contribution in [2.45, 2.75) is 39.4 Å². The van der Waals surface area contributed by atoms with Crippen LogP contribution in [0.1, 0.15) is 37.4 Å². The Kier molecular flexibility index (Phi) is 7.65. The number of carbonyl (C=O) groups excluding carboxylic acids is 2. The molecule has 0 saturated heterocycles. The number of ether oxygens (including phenoxy) is 1. The number of para-hydroxylation sites is 1. The van der Waals surface area contributed by atoms with E-state index in [1.54, 1.807) is 18.3 Å². The lowest BCUT2D eigenvalue weighted by molar-refractivity contribution is -0.143. The Morgan fingerprint density at radius 1 is 1.00 bits per heavy atom. The molecule has 0 aliphatic carbocycles. The van der Waals surface area contributed by atoms with E-state index in [-0.39, 0.29) is 18.4 Å². The van der Waals surface area contributed by atoms with Crippen LogP contribution in [0.15, 0.2) is 72.1 Å². The zero-order valence-corrected chi connectivity index (χ0v) is 20.2. The molecular formula is C27H29N3O3S. The van der Waals surface area contributed by atoms with Crippen molar-refractivity contribution in [2.75, 3.05) is 6.61 Å². The molecule has 2 heterocycles. The standard InChI is InChI=1S/C27H29N3O3S/c1-3-30-23-14-9-8-13-20(23)21(26(30)24-15-10-16-34-24)18-28-27(32)29-22(17-25(31)33-4-2)19-11-6-5-7-12-19/h5-16,22H,3-4,17-18H2,1-2H3,(H2,28,29,32)/t22-/m0/s1. The lowest BCUT2D eigenvalue weighted by Gasteiger charge is -2.19. The molecule has 0 unspecified atom stereocenters. The Labute approximate surface area is 203 Å². The molecule has 2 amide bonds. The van der Waals surface area contributed by atoms with Gasteiger partial charge in [0.25, 0.3) is 0 Å². The zero-order valence-electron chi connectivity index (χ0n) is 19.4. The minimum Gasteiger partial charge on any atom is -0.466 e. The minimum absolute atomic E-state index is 0.0703. The van der Waals surface area contributed by atoms with Gasteiger partial charge in [-0.05, 0) is 36.9 Å². The number of hydrogen-bond donors (Lipinski definition) is 2. The second kappa shape index (κ2) is 11.0. The van der Waals surface area contributed by atoms with Gasteiger partial charge in [0, 0.05) is 29.6 Å². The van der Waals surface area contributed by atoms with Gasteiger partial charge in [-0.2, -0.15) is 0 Å². The van der Waals surface area contributed by atoms with Crippen molar-refractivity contribution in [1.82, 2.24) is 15.2 Å². The van der Waals surface area contributed by atoms with Crippen LogP contribution in [0.3, 0.4) is 0 Å². The van der Waals surface area contributed by atoms with E-state index >= 15 is 0 Å². The topological polar surface area (TPSA) is 72.4 Å². The van der Waals surface area contributed by atoms with Gasteiger partial charge >= 0.3 is 12.0 Å². The average molecular weight is 476 g/mol. The Morgan fingerprint density at radius 2 is 1.76 bits per heavy atom. The van der Waals surface area contributed by atoms with Crippen LogP contribution in [0.5, 0.6) is 0 Å². The number of carbonyl (C=O) groups is 2. The molecule has 2 aromatic carbocycles. The van der Waals surface area contributed by atoms with Crippen molar-refractivity contribution in [2.24, 2.45) is 0 Å². The normalized spacial score (nSPS) is 11.8. The Bertz CT molecular complexity index is 1250. The highest BCUT2D eigenvalue weighted by atomic mass is 32.1. The summed E-state index contributed by atoms with van der Waals surface area (Å²) in [5.41, 5.74) is 4.21. The van der Waals surface area contributed by atoms with Gasteiger partial charge in [0.1, 0.15) is 0 Å². The molecule has 0 spiro atoms.